The Hall–Kier alpha value is -1.91. The summed E-state index contributed by atoms with van der Waals surface area (Å²) in [4.78, 5) is 12.8. The molecule has 2 N–H and O–H groups in total. The average Bonchev–Trinajstić information content (AvgIpc) is 2.64. The molecule has 0 aliphatic heterocycles. The zero-order valence-corrected chi connectivity index (χ0v) is 9.68. The summed E-state index contributed by atoms with van der Waals surface area (Å²) < 4.78 is 1.85. The van der Waals surface area contributed by atoms with Crippen LogP contribution in [0.5, 0.6) is 0 Å². The number of aromatic nitrogens is 4. The van der Waals surface area contributed by atoms with Gasteiger partial charge in [0.2, 0.25) is 0 Å². The molecule has 2 rings (SSSR count). The summed E-state index contributed by atoms with van der Waals surface area (Å²) in [6.45, 7) is 6.01. The highest BCUT2D eigenvalue weighted by atomic mass is 15.1. The number of hydrogen-bond donors (Lipinski definition) is 1. The fourth-order valence-electron chi connectivity index (χ4n) is 1.41. The first-order valence-corrected chi connectivity index (χ1v) is 5.21. The van der Waals surface area contributed by atoms with Gasteiger partial charge in [-0.2, -0.15) is 0 Å². The minimum atomic E-state index is 0.256. The van der Waals surface area contributed by atoms with Crippen molar-refractivity contribution < 1.29 is 0 Å². The van der Waals surface area contributed by atoms with Crippen molar-refractivity contribution in [3.8, 4) is 5.82 Å². The Bertz CT molecular complexity index is 501. The lowest BCUT2D eigenvalue weighted by Crippen LogP contribution is -2.06. The van der Waals surface area contributed by atoms with Gasteiger partial charge in [-0.05, 0) is 6.92 Å². The number of nitrogens with two attached hydrogens (primary N) is 1. The van der Waals surface area contributed by atoms with Crippen molar-refractivity contribution in [2.75, 3.05) is 5.73 Å². The molecule has 5 nitrogen and oxygen atoms in total. The van der Waals surface area contributed by atoms with Gasteiger partial charge >= 0.3 is 0 Å². The van der Waals surface area contributed by atoms with Crippen LogP contribution in [0.4, 0.5) is 5.82 Å². The predicted octanol–water partition coefficient (Wildman–Crippen LogP) is 1.68. The molecule has 0 saturated carbocycles. The van der Waals surface area contributed by atoms with E-state index in [1.54, 1.807) is 12.4 Å². The van der Waals surface area contributed by atoms with Crippen LogP contribution >= 0.6 is 0 Å². The highest BCUT2D eigenvalue weighted by Crippen LogP contribution is 2.14. The van der Waals surface area contributed by atoms with Gasteiger partial charge in [0.25, 0.3) is 0 Å². The lowest BCUT2D eigenvalue weighted by atomic mass is 10.2. The molecule has 0 aromatic carbocycles. The van der Waals surface area contributed by atoms with Crippen LogP contribution in [-0.2, 0) is 0 Å². The number of aryl methyl sites for hydroxylation is 1. The number of anilines is 1. The Morgan fingerprint density at radius 1 is 1.31 bits per heavy atom. The fourth-order valence-corrected chi connectivity index (χ4v) is 1.41. The van der Waals surface area contributed by atoms with Crippen molar-refractivity contribution in [3.05, 3.63) is 30.1 Å². The molecular weight excluding hydrogens is 202 g/mol. The smallest absolute Gasteiger partial charge is 0.143 e. The minimum Gasteiger partial charge on any atom is -0.384 e. The number of nitrogen functional groups attached to an aromatic ring is 1. The summed E-state index contributed by atoms with van der Waals surface area (Å²) in [5.41, 5.74) is 6.70. The lowest BCUT2D eigenvalue weighted by molar-refractivity contribution is 0.765. The van der Waals surface area contributed by atoms with Crippen LogP contribution in [0, 0.1) is 6.92 Å². The summed E-state index contributed by atoms with van der Waals surface area (Å²) in [7, 11) is 0. The van der Waals surface area contributed by atoms with Gasteiger partial charge in [-0.15, -0.1) is 0 Å². The van der Waals surface area contributed by atoms with E-state index in [1.165, 1.54) is 0 Å². The van der Waals surface area contributed by atoms with Crippen LogP contribution in [0.15, 0.2) is 18.6 Å². The third-order valence-corrected chi connectivity index (χ3v) is 2.24. The van der Waals surface area contributed by atoms with Crippen LogP contribution in [0.2, 0.25) is 0 Å². The molecule has 0 spiro atoms. The van der Waals surface area contributed by atoms with E-state index in [4.69, 9.17) is 5.73 Å². The molecule has 2 aromatic rings. The molecule has 0 bridgehead atoms. The standard InChI is InChI=1S/C11H15N5/c1-7(2)11-14-9(12)4-10(15-11)16-5-8(3)13-6-16/h4-7H,1-3H3,(H2,12,14,15). The second kappa shape index (κ2) is 3.92. The topological polar surface area (TPSA) is 69.6 Å². The van der Waals surface area contributed by atoms with Gasteiger partial charge in [0.05, 0.1) is 5.69 Å². The minimum absolute atomic E-state index is 0.256. The van der Waals surface area contributed by atoms with Gasteiger partial charge < -0.3 is 5.73 Å². The van der Waals surface area contributed by atoms with E-state index >= 15 is 0 Å². The van der Waals surface area contributed by atoms with Crippen molar-refractivity contribution >= 4 is 5.82 Å². The summed E-state index contributed by atoms with van der Waals surface area (Å²) in [5.74, 6) is 2.25. The van der Waals surface area contributed by atoms with Crippen molar-refractivity contribution in [1.82, 2.24) is 19.5 Å². The van der Waals surface area contributed by atoms with Gasteiger partial charge in [0, 0.05) is 18.2 Å². The third kappa shape index (κ3) is 2.03. The molecule has 0 unspecified atom stereocenters. The van der Waals surface area contributed by atoms with Crippen molar-refractivity contribution in [1.29, 1.82) is 0 Å². The van der Waals surface area contributed by atoms with E-state index in [1.807, 2.05) is 31.5 Å². The van der Waals surface area contributed by atoms with E-state index < -0.39 is 0 Å². The maximum atomic E-state index is 5.76. The van der Waals surface area contributed by atoms with E-state index in [0.29, 0.717) is 5.82 Å². The van der Waals surface area contributed by atoms with E-state index in [9.17, 15) is 0 Å². The number of rotatable bonds is 2. The number of hydrogen-bond acceptors (Lipinski definition) is 4. The van der Waals surface area contributed by atoms with Crippen LogP contribution in [0.3, 0.4) is 0 Å². The van der Waals surface area contributed by atoms with Gasteiger partial charge in [0.15, 0.2) is 0 Å². The van der Waals surface area contributed by atoms with Crippen molar-refractivity contribution in [2.24, 2.45) is 0 Å². The molecular formula is C11H15N5. The Morgan fingerprint density at radius 3 is 2.62 bits per heavy atom. The number of nitrogens with zero attached hydrogens (tertiary/aromatic N) is 4. The Labute approximate surface area is 94.4 Å². The molecule has 0 amide bonds. The van der Waals surface area contributed by atoms with E-state index in [-0.39, 0.29) is 5.92 Å². The highest BCUT2D eigenvalue weighted by Gasteiger charge is 2.07. The van der Waals surface area contributed by atoms with Crippen LogP contribution < -0.4 is 5.73 Å². The average molecular weight is 217 g/mol. The second-order valence-corrected chi connectivity index (χ2v) is 4.09. The van der Waals surface area contributed by atoms with Crippen LogP contribution in [0.25, 0.3) is 5.82 Å². The molecule has 2 heterocycles. The van der Waals surface area contributed by atoms with Crippen molar-refractivity contribution in [3.63, 3.8) is 0 Å². The van der Waals surface area contributed by atoms with Gasteiger partial charge in [-0.1, -0.05) is 13.8 Å². The SMILES string of the molecule is Cc1cn(-c2cc(N)nc(C(C)C)n2)cn1. The third-order valence-electron chi connectivity index (χ3n) is 2.24. The second-order valence-electron chi connectivity index (χ2n) is 4.09. The van der Waals surface area contributed by atoms with Crippen LogP contribution in [-0.4, -0.2) is 19.5 Å². The molecule has 0 fully saturated rings. The van der Waals surface area contributed by atoms with Gasteiger partial charge in [0.1, 0.15) is 23.8 Å². The summed E-state index contributed by atoms with van der Waals surface area (Å²) in [6.07, 6.45) is 3.63. The molecule has 84 valence electrons. The maximum Gasteiger partial charge on any atom is 0.143 e. The quantitative estimate of drug-likeness (QED) is 0.830. The predicted molar refractivity (Wildman–Crippen MR) is 62.4 cm³/mol. The lowest BCUT2D eigenvalue weighted by Gasteiger charge is -2.08. The van der Waals surface area contributed by atoms with E-state index in [0.717, 1.165) is 17.3 Å². The molecule has 0 atom stereocenters. The maximum absolute atomic E-state index is 5.76. The molecule has 0 saturated heterocycles. The molecule has 0 radical (unpaired) electrons. The molecule has 0 aliphatic carbocycles. The van der Waals surface area contributed by atoms with Gasteiger partial charge in [-0.25, -0.2) is 15.0 Å². The summed E-state index contributed by atoms with van der Waals surface area (Å²) >= 11 is 0. The first-order valence-electron chi connectivity index (χ1n) is 5.21. The van der Waals surface area contributed by atoms with Gasteiger partial charge in [-0.3, -0.25) is 4.57 Å². The Balaban J connectivity index is 2.49. The molecule has 16 heavy (non-hydrogen) atoms. The molecule has 2 aromatic heterocycles. The normalized spacial score (nSPS) is 11.0. The molecule has 5 heteroatoms. The molecule has 0 aliphatic rings. The van der Waals surface area contributed by atoms with Crippen LogP contribution in [0.1, 0.15) is 31.3 Å². The summed E-state index contributed by atoms with van der Waals surface area (Å²) in [5, 5.41) is 0. The monoisotopic (exact) mass is 217 g/mol. The first-order chi connectivity index (χ1) is 7.56. The first kappa shape index (κ1) is 10.6. The summed E-state index contributed by atoms with van der Waals surface area (Å²) in [6, 6.07) is 1.74. The Morgan fingerprint density at radius 2 is 2.06 bits per heavy atom. The zero-order chi connectivity index (χ0) is 11.7. The van der Waals surface area contributed by atoms with Crippen molar-refractivity contribution in [2.45, 2.75) is 26.7 Å². The highest BCUT2D eigenvalue weighted by molar-refractivity contribution is 5.38. The van der Waals surface area contributed by atoms with E-state index in [2.05, 4.69) is 15.0 Å². The largest absolute Gasteiger partial charge is 0.384 e. The zero-order valence-electron chi connectivity index (χ0n) is 9.68. The Kier molecular flexibility index (Phi) is 2.60. The number of imidazole rings is 1. The fraction of sp³-hybridized carbons (Fsp3) is 0.364.